The van der Waals surface area contributed by atoms with E-state index in [1.807, 2.05) is 0 Å². The second-order valence-corrected chi connectivity index (χ2v) is 6.83. The number of carbonyl (C=O) groups is 1. The molecule has 0 aromatic heterocycles. The van der Waals surface area contributed by atoms with E-state index in [1.54, 1.807) is 0 Å². The molecule has 0 aliphatic rings. The molecular formula is C19H14F9NO3. The van der Waals surface area contributed by atoms with Crippen LogP contribution in [0.3, 0.4) is 0 Å². The van der Waals surface area contributed by atoms with Crippen LogP contribution in [0.4, 0.5) is 45.2 Å². The highest BCUT2D eigenvalue weighted by Gasteiger charge is 2.38. The van der Waals surface area contributed by atoms with Crippen molar-refractivity contribution in [2.24, 2.45) is 0 Å². The summed E-state index contributed by atoms with van der Waals surface area (Å²) >= 11 is 0. The third kappa shape index (κ3) is 6.52. The Labute approximate surface area is 174 Å². The topological polar surface area (TPSA) is 58.6 Å². The SMILES string of the molecule is CC(O)(COc1cc(C(F)(F)F)cc(C(F)(F)F)c1)C(=O)Nc1ccc(C(F)(F)F)cc1. The zero-order valence-electron chi connectivity index (χ0n) is 15.9. The number of aliphatic hydroxyl groups is 1. The van der Waals surface area contributed by atoms with Crippen molar-refractivity contribution in [2.45, 2.75) is 31.1 Å². The fourth-order valence-electron chi connectivity index (χ4n) is 2.31. The first-order valence-electron chi connectivity index (χ1n) is 8.53. The number of benzene rings is 2. The quantitative estimate of drug-likeness (QED) is 0.561. The van der Waals surface area contributed by atoms with E-state index in [9.17, 15) is 49.4 Å². The van der Waals surface area contributed by atoms with E-state index in [0.29, 0.717) is 12.1 Å². The number of hydrogen-bond donors (Lipinski definition) is 2. The van der Waals surface area contributed by atoms with Gasteiger partial charge in [-0.2, -0.15) is 39.5 Å². The largest absolute Gasteiger partial charge is 0.490 e. The van der Waals surface area contributed by atoms with Crippen molar-refractivity contribution < 1.29 is 54.2 Å². The predicted molar refractivity (Wildman–Crippen MR) is 92.6 cm³/mol. The van der Waals surface area contributed by atoms with E-state index in [-0.39, 0.29) is 23.9 Å². The van der Waals surface area contributed by atoms with Crippen molar-refractivity contribution in [3.63, 3.8) is 0 Å². The molecule has 2 N–H and O–H groups in total. The lowest BCUT2D eigenvalue weighted by Crippen LogP contribution is -2.45. The summed E-state index contributed by atoms with van der Waals surface area (Å²) in [6.07, 6.45) is -14.9. The summed E-state index contributed by atoms with van der Waals surface area (Å²) < 4.78 is 120. The van der Waals surface area contributed by atoms with Crippen LogP contribution in [0.5, 0.6) is 5.75 Å². The molecule has 13 heteroatoms. The van der Waals surface area contributed by atoms with Crippen molar-refractivity contribution in [1.82, 2.24) is 0 Å². The number of anilines is 1. The molecule has 0 bridgehead atoms. The Morgan fingerprint density at radius 2 is 1.25 bits per heavy atom. The normalized spacial score (nSPS) is 14.6. The standard InChI is InChI=1S/C19H14F9NO3/c1-16(31,15(30)29-13-4-2-10(3-5-13)17(20,21)22)9-32-14-7-11(18(23,24)25)6-12(8-14)19(26,27)28/h2-8,31H,9H2,1H3,(H,29,30). The highest BCUT2D eigenvalue weighted by molar-refractivity contribution is 5.96. The van der Waals surface area contributed by atoms with Crippen LogP contribution < -0.4 is 10.1 Å². The lowest BCUT2D eigenvalue weighted by Gasteiger charge is -2.23. The molecule has 1 amide bonds. The zero-order valence-corrected chi connectivity index (χ0v) is 15.9. The molecule has 176 valence electrons. The number of rotatable bonds is 5. The van der Waals surface area contributed by atoms with Crippen LogP contribution in [0.1, 0.15) is 23.6 Å². The molecule has 2 aromatic rings. The molecule has 1 unspecified atom stereocenters. The third-order valence-electron chi connectivity index (χ3n) is 4.04. The van der Waals surface area contributed by atoms with Crippen LogP contribution >= 0.6 is 0 Å². The molecule has 0 saturated heterocycles. The van der Waals surface area contributed by atoms with Gasteiger partial charge >= 0.3 is 18.5 Å². The average molecular weight is 475 g/mol. The highest BCUT2D eigenvalue weighted by Crippen LogP contribution is 2.38. The van der Waals surface area contributed by atoms with E-state index in [0.717, 1.165) is 19.1 Å². The van der Waals surface area contributed by atoms with Gasteiger partial charge < -0.3 is 15.2 Å². The number of ether oxygens (including phenoxy) is 1. The minimum Gasteiger partial charge on any atom is -0.490 e. The molecule has 0 radical (unpaired) electrons. The fraction of sp³-hybridized carbons (Fsp3) is 0.316. The van der Waals surface area contributed by atoms with E-state index in [1.165, 1.54) is 0 Å². The highest BCUT2D eigenvalue weighted by atomic mass is 19.4. The van der Waals surface area contributed by atoms with E-state index >= 15 is 0 Å². The van der Waals surface area contributed by atoms with Gasteiger partial charge in [-0.25, -0.2) is 0 Å². The van der Waals surface area contributed by atoms with Crippen LogP contribution in [0, 0.1) is 0 Å². The Kier molecular flexibility index (Phi) is 6.74. The summed E-state index contributed by atoms with van der Waals surface area (Å²) in [6, 6.07) is 3.49. The molecule has 32 heavy (non-hydrogen) atoms. The Bertz CT molecular complexity index is 930. The number of carbonyl (C=O) groups excluding carboxylic acids is 1. The lowest BCUT2D eigenvalue weighted by molar-refractivity contribution is -0.144. The smallest absolute Gasteiger partial charge is 0.416 e. The molecule has 2 rings (SSSR count). The summed E-state index contributed by atoms with van der Waals surface area (Å²) in [5, 5.41) is 12.3. The van der Waals surface area contributed by atoms with Crippen LogP contribution in [0.2, 0.25) is 0 Å². The van der Waals surface area contributed by atoms with Crippen LogP contribution in [0.15, 0.2) is 42.5 Å². The molecule has 0 fully saturated rings. The van der Waals surface area contributed by atoms with E-state index in [2.05, 4.69) is 5.32 Å². The molecule has 4 nitrogen and oxygen atoms in total. The second kappa shape index (κ2) is 8.52. The summed E-state index contributed by atoms with van der Waals surface area (Å²) in [6.45, 7) is -0.206. The third-order valence-corrected chi connectivity index (χ3v) is 4.04. The lowest BCUT2D eigenvalue weighted by atomic mass is 10.1. The van der Waals surface area contributed by atoms with Gasteiger partial charge in [0.1, 0.15) is 12.4 Å². The average Bonchev–Trinajstić information content (AvgIpc) is 2.64. The number of nitrogens with one attached hydrogen (secondary N) is 1. The van der Waals surface area contributed by atoms with Crippen molar-refractivity contribution in [1.29, 1.82) is 0 Å². The van der Waals surface area contributed by atoms with Crippen molar-refractivity contribution >= 4 is 11.6 Å². The minimum absolute atomic E-state index is 0.123. The Morgan fingerprint density at radius 3 is 1.66 bits per heavy atom. The number of hydrogen-bond acceptors (Lipinski definition) is 3. The monoisotopic (exact) mass is 475 g/mol. The van der Waals surface area contributed by atoms with Gasteiger partial charge in [0.05, 0.1) is 16.7 Å². The van der Waals surface area contributed by atoms with Gasteiger partial charge in [0, 0.05) is 5.69 Å². The maximum Gasteiger partial charge on any atom is 0.416 e. The van der Waals surface area contributed by atoms with Gasteiger partial charge in [0.25, 0.3) is 5.91 Å². The zero-order chi connectivity index (χ0) is 24.5. The summed E-state index contributed by atoms with van der Waals surface area (Å²) in [5.74, 6) is -2.13. The Balaban J connectivity index is 2.15. The minimum atomic E-state index is -5.12. The van der Waals surface area contributed by atoms with Crippen LogP contribution in [-0.2, 0) is 23.3 Å². The maximum absolute atomic E-state index is 12.9. The van der Waals surface area contributed by atoms with Gasteiger partial charge in [0.2, 0.25) is 0 Å². The van der Waals surface area contributed by atoms with Crippen LogP contribution in [0.25, 0.3) is 0 Å². The second-order valence-electron chi connectivity index (χ2n) is 6.83. The van der Waals surface area contributed by atoms with Gasteiger partial charge in [-0.1, -0.05) is 0 Å². The molecule has 0 saturated carbocycles. The summed E-state index contributed by atoms with van der Waals surface area (Å²) in [4.78, 5) is 12.2. The Morgan fingerprint density at radius 1 is 0.812 bits per heavy atom. The predicted octanol–water partition coefficient (Wildman–Crippen LogP) is 5.51. The maximum atomic E-state index is 12.9. The molecule has 0 spiro atoms. The van der Waals surface area contributed by atoms with Gasteiger partial charge in [-0.3, -0.25) is 4.79 Å². The first-order chi connectivity index (χ1) is 14.4. The van der Waals surface area contributed by atoms with Gasteiger partial charge in [0.15, 0.2) is 5.60 Å². The van der Waals surface area contributed by atoms with Gasteiger partial charge in [-0.05, 0) is 49.4 Å². The van der Waals surface area contributed by atoms with E-state index in [4.69, 9.17) is 4.74 Å². The van der Waals surface area contributed by atoms with Crippen molar-refractivity contribution in [3.8, 4) is 5.75 Å². The number of alkyl halides is 9. The fourth-order valence-corrected chi connectivity index (χ4v) is 2.31. The number of halogens is 9. The molecule has 0 aliphatic heterocycles. The van der Waals surface area contributed by atoms with Crippen molar-refractivity contribution in [3.05, 3.63) is 59.2 Å². The van der Waals surface area contributed by atoms with E-state index < -0.39 is 59.1 Å². The molecule has 0 aliphatic carbocycles. The molecular weight excluding hydrogens is 461 g/mol. The van der Waals surface area contributed by atoms with Crippen LogP contribution in [-0.4, -0.2) is 23.2 Å². The Hall–Kier alpha value is -2.96. The van der Waals surface area contributed by atoms with Crippen molar-refractivity contribution in [2.75, 3.05) is 11.9 Å². The number of amides is 1. The first-order valence-corrected chi connectivity index (χ1v) is 8.53. The molecule has 0 heterocycles. The van der Waals surface area contributed by atoms with Gasteiger partial charge in [-0.15, -0.1) is 0 Å². The molecule has 1 atom stereocenters. The summed E-state index contributed by atoms with van der Waals surface area (Å²) in [5.41, 5.74) is -6.93. The first kappa shape index (κ1) is 25.3. The molecule has 2 aromatic carbocycles. The summed E-state index contributed by atoms with van der Waals surface area (Å²) in [7, 11) is 0.